The number of aliphatic hydroxyl groups excluding tert-OH is 1. The van der Waals surface area contributed by atoms with E-state index in [-0.39, 0.29) is 36.3 Å². The quantitative estimate of drug-likeness (QED) is 0.865. The van der Waals surface area contributed by atoms with E-state index in [9.17, 15) is 5.11 Å². The summed E-state index contributed by atoms with van der Waals surface area (Å²) in [6.07, 6.45) is 0.209. The zero-order chi connectivity index (χ0) is 17.0. The molecule has 1 heterocycles. The van der Waals surface area contributed by atoms with Gasteiger partial charge >= 0.3 is 0 Å². The lowest BCUT2D eigenvalue weighted by molar-refractivity contribution is -0.257. The molecule has 1 saturated heterocycles. The Hall–Kier alpha value is -1.10. The first-order valence-corrected chi connectivity index (χ1v) is 8.57. The van der Waals surface area contributed by atoms with Gasteiger partial charge in [0.05, 0.1) is 25.9 Å². The summed E-state index contributed by atoms with van der Waals surface area (Å²) in [5.74, 6) is 1.42. The van der Waals surface area contributed by atoms with Crippen LogP contribution >= 0.6 is 0 Å². The molecule has 0 unspecified atom stereocenters. The van der Waals surface area contributed by atoms with E-state index in [4.69, 9.17) is 14.2 Å². The second-order valence-electron chi connectivity index (χ2n) is 6.75. The molecule has 6 atom stereocenters. The lowest BCUT2D eigenvalue weighted by atomic mass is 9.83. The Balaban J connectivity index is 2.08. The van der Waals surface area contributed by atoms with Gasteiger partial charge < -0.3 is 19.3 Å². The number of hydrogen-bond donors (Lipinski definition) is 1. The molecule has 0 spiro atoms. The predicted molar refractivity (Wildman–Crippen MR) is 90.3 cm³/mol. The van der Waals surface area contributed by atoms with E-state index >= 15 is 0 Å². The smallest absolute Gasteiger partial charge is 0.184 e. The fourth-order valence-corrected chi connectivity index (χ4v) is 3.18. The van der Waals surface area contributed by atoms with Crippen LogP contribution in [0.5, 0.6) is 5.75 Å². The van der Waals surface area contributed by atoms with Crippen LogP contribution in [0.25, 0.3) is 0 Å². The van der Waals surface area contributed by atoms with Crippen molar-refractivity contribution in [3.63, 3.8) is 0 Å². The van der Waals surface area contributed by atoms with Gasteiger partial charge in [-0.15, -0.1) is 0 Å². The van der Waals surface area contributed by atoms with Gasteiger partial charge in [0, 0.05) is 17.4 Å². The van der Waals surface area contributed by atoms with Crippen molar-refractivity contribution in [3.8, 4) is 5.75 Å². The van der Waals surface area contributed by atoms with Crippen molar-refractivity contribution < 1.29 is 19.3 Å². The maximum absolute atomic E-state index is 10.5. The van der Waals surface area contributed by atoms with Gasteiger partial charge in [-0.3, -0.25) is 0 Å². The summed E-state index contributed by atoms with van der Waals surface area (Å²) in [6.45, 7) is 9.03. The Labute approximate surface area is 139 Å². The summed E-state index contributed by atoms with van der Waals surface area (Å²) in [5.41, 5.74) is 0.980. The first-order valence-electron chi connectivity index (χ1n) is 8.57. The maximum atomic E-state index is 10.5. The minimum Gasteiger partial charge on any atom is -0.497 e. The van der Waals surface area contributed by atoms with Crippen LogP contribution in [0.4, 0.5) is 0 Å². The minimum absolute atomic E-state index is 0.0140. The van der Waals surface area contributed by atoms with Crippen LogP contribution in [0.1, 0.15) is 46.0 Å². The topological polar surface area (TPSA) is 47.9 Å². The van der Waals surface area contributed by atoms with Crippen LogP contribution in [-0.4, -0.2) is 31.0 Å². The molecular formula is C19H30O4. The molecule has 0 radical (unpaired) electrons. The molecule has 1 aromatic carbocycles. The van der Waals surface area contributed by atoms with E-state index in [0.717, 1.165) is 17.7 Å². The Kier molecular flexibility index (Phi) is 6.45. The van der Waals surface area contributed by atoms with E-state index in [2.05, 4.69) is 27.7 Å². The van der Waals surface area contributed by atoms with E-state index < -0.39 is 0 Å². The third-order valence-electron chi connectivity index (χ3n) is 5.02. The van der Waals surface area contributed by atoms with E-state index in [1.807, 2.05) is 24.3 Å². The Bertz CT molecular complexity index is 473. The second-order valence-corrected chi connectivity index (χ2v) is 6.75. The molecular weight excluding hydrogens is 292 g/mol. The summed E-state index contributed by atoms with van der Waals surface area (Å²) in [6, 6.07) is 7.75. The van der Waals surface area contributed by atoms with Gasteiger partial charge in [0.15, 0.2) is 6.29 Å². The molecule has 4 nitrogen and oxygen atoms in total. The Morgan fingerprint density at radius 3 is 2.48 bits per heavy atom. The molecule has 1 fully saturated rings. The molecule has 1 aliphatic heterocycles. The molecule has 2 rings (SSSR count). The van der Waals surface area contributed by atoms with Gasteiger partial charge in [0.1, 0.15) is 5.75 Å². The summed E-state index contributed by atoms with van der Waals surface area (Å²) in [4.78, 5) is 0. The predicted octanol–water partition coefficient (Wildman–Crippen LogP) is 3.79. The summed E-state index contributed by atoms with van der Waals surface area (Å²) >= 11 is 0. The molecule has 0 aliphatic carbocycles. The molecule has 4 heteroatoms. The number of benzene rings is 1. The molecule has 0 bridgehead atoms. The maximum Gasteiger partial charge on any atom is 0.184 e. The van der Waals surface area contributed by atoms with Crippen LogP contribution in [0, 0.1) is 17.8 Å². The third-order valence-corrected chi connectivity index (χ3v) is 5.02. The highest BCUT2D eigenvalue weighted by Crippen LogP contribution is 2.35. The van der Waals surface area contributed by atoms with Crippen molar-refractivity contribution >= 4 is 0 Å². The van der Waals surface area contributed by atoms with Gasteiger partial charge in [-0.25, -0.2) is 0 Å². The number of aliphatic hydroxyl groups is 1. The van der Waals surface area contributed by atoms with Crippen molar-refractivity contribution in [2.75, 3.05) is 13.7 Å². The third kappa shape index (κ3) is 4.25. The molecule has 0 amide bonds. The average molecular weight is 322 g/mol. The van der Waals surface area contributed by atoms with Crippen LogP contribution in [-0.2, 0) is 9.47 Å². The Morgan fingerprint density at radius 2 is 1.91 bits per heavy atom. The van der Waals surface area contributed by atoms with Gasteiger partial charge in [0.2, 0.25) is 0 Å². The van der Waals surface area contributed by atoms with E-state index in [1.54, 1.807) is 7.11 Å². The molecule has 1 N–H and O–H groups in total. The zero-order valence-electron chi connectivity index (χ0n) is 14.9. The van der Waals surface area contributed by atoms with Crippen LogP contribution in [0.3, 0.4) is 0 Å². The summed E-state index contributed by atoms with van der Waals surface area (Å²) in [5, 5.41) is 10.5. The SMILES string of the molecule is CC[C@H](C)[C@@H](O)[C@H](C)[C@@H]1O[C@H](c2ccc(OC)cc2)OC[C@H]1C. The second kappa shape index (κ2) is 8.13. The highest BCUT2D eigenvalue weighted by atomic mass is 16.7. The molecule has 130 valence electrons. The molecule has 1 aromatic rings. The number of hydrogen-bond acceptors (Lipinski definition) is 4. The highest BCUT2D eigenvalue weighted by Gasteiger charge is 2.37. The Morgan fingerprint density at radius 1 is 1.26 bits per heavy atom. The van der Waals surface area contributed by atoms with Gasteiger partial charge in [-0.1, -0.05) is 46.2 Å². The average Bonchev–Trinajstić information content (AvgIpc) is 2.60. The summed E-state index contributed by atoms with van der Waals surface area (Å²) < 4.78 is 17.3. The molecule has 0 saturated carbocycles. The lowest BCUT2D eigenvalue weighted by Crippen LogP contribution is -2.44. The van der Waals surface area contributed by atoms with Crippen molar-refractivity contribution in [2.45, 2.75) is 52.6 Å². The largest absolute Gasteiger partial charge is 0.497 e. The normalized spacial score (nSPS) is 28.9. The molecule has 1 aliphatic rings. The van der Waals surface area contributed by atoms with Crippen LogP contribution < -0.4 is 4.74 Å². The van der Waals surface area contributed by atoms with Gasteiger partial charge in [-0.05, 0) is 18.1 Å². The lowest BCUT2D eigenvalue weighted by Gasteiger charge is -2.40. The van der Waals surface area contributed by atoms with Crippen LogP contribution in [0.2, 0.25) is 0 Å². The van der Waals surface area contributed by atoms with Gasteiger partial charge in [-0.2, -0.15) is 0 Å². The zero-order valence-corrected chi connectivity index (χ0v) is 14.9. The standard InChI is InChI=1S/C19H30O4/c1-6-12(2)17(20)14(4)18-13(3)11-22-19(23-18)15-7-9-16(21-5)10-8-15/h7-10,12-14,17-20H,6,11H2,1-5H3/t12-,13+,14-,17+,18+,19+/m0/s1. The van der Waals surface area contributed by atoms with Crippen molar-refractivity contribution in [1.82, 2.24) is 0 Å². The summed E-state index contributed by atoms with van der Waals surface area (Å²) in [7, 11) is 1.65. The molecule has 0 aromatic heterocycles. The number of ether oxygens (including phenoxy) is 3. The monoisotopic (exact) mass is 322 g/mol. The van der Waals surface area contributed by atoms with E-state index in [1.165, 1.54) is 0 Å². The van der Waals surface area contributed by atoms with Crippen LogP contribution in [0.15, 0.2) is 24.3 Å². The first-order chi connectivity index (χ1) is 11.0. The number of methoxy groups -OCH3 is 1. The number of rotatable bonds is 6. The molecule has 23 heavy (non-hydrogen) atoms. The highest BCUT2D eigenvalue weighted by molar-refractivity contribution is 5.28. The van der Waals surface area contributed by atoms with Crippen molar-refractivity contribution in [1.29, 1.82) is 0 Å². The fourth-order valence-electron chi connectivity index (χ4n) is 3.18. The first kappa shape index (κ1) is 18.2. The van der Waals surface area contributed by atoms with Gasteiger partial charge in [0.25, 0.3) is 0 Å². The fraction of sp³-hybridized carbons (Fsp3) is 0.684. The van der Waals surface area contributed by atoms with E-state index in [0.29, 0.717) is 6.61 Å². The van der Waals surface area contributed by atoms with Crippen molar-refractivity contribution in [2.24, 2.45) is 17.8 Å². The minimum atomic E-state index is -0.381. The van der Waals surface area contributed by atoms with Crippen molar-refractivity contribution in [3.05, 3.63) is 29.8 Å².